The third kappa shape index (κ3) is 3.23. The van der Waals surface area contributed by atoms with E-state index < -0.39 is 0 Å². The third-order valence-electron chi connectivity index (χ3n) is 3.09. The van der Waals surface area contributed by atoms with E-state index in [0.717, 1.165) is 21.5 Å². The molecule has 1 aromatic rings. The maximum absolute atomic E-state index is 11.8. The molecule has 106 valence electrons. The highest BCUT2D eigenvalue weighted by atomic mass is 79.9. The zero-order valence-electron chi connectivity index (χ0n) is 11.4. The smallest absolute Gasteiger partial charge is 0.240 e. The summed E-state index contributed by atoms with van der Waals surface area (Å²) in [6.07, 6.45) is 0.0202. The van der Waals surface area contributed by atoms with Crippen molar-refractivity contribution in [2.45, 2.75) is 20.0 Å². The number of carbonyl (C=O) groups is 1. The van der Waals surface area contributed by atoms with Crippen molar-refractivity contribution in [3.8, 4) is 11.8 Å². The zero-order chi connectivity index (χ0) is 14.7. The second-order valence-electron chi connectivity index (χ2n) is 4.81. The number of hydrogen-bond acceptors (Lipinski definition) is 4. The molecule has 2 rings (SSSR count). The molecular formula is C14H16BrN3O2. The van der Waals surface area contributed by atoms with E-state index in [9.17, 15) is 4.79 Å². The highest BCUT2D eigenvalue weighted by molar-refractivity contribution is 9.10. The molecule has 1 amide bonds. The van der Waals surface area contributed by atoms with E-state index in [2.05, 4.69) is 21.2 Å². The lowest BCUT2D eigenvalue weighted by molar-refractivity contribution is -0.119. The summed E-state index contributed by atoms with van der Waals surface area (Å²) in [6, 6.07) is 5.83. The highest BCUT2D eigenvalue weighted by Crippen LogP contribution is 2.37. The standard InChI is InChI=1S/C14H16BrN3O2/c1-9-5-13-12(6-11(9)15)18(7-10(2)20-13)8-14(19)17-4-3-16/h5-6,10H,4,7-8H2,1-2H3,(H,17,19). The zero-order valence-corrected chi connectivity index (χ0v) is 13.0. The van der Waals surface area contributed by atoms with Gasteiger partial charge < -0.3 is 15.0 Å². The Balaban J connectivity index is 2.21. The Bertz CT molecular complexity index is 568. The molecule has 0 saturated carbocycles. The molecule has 0 aliphatic carbocycles. The molecule has 0 fully saturated rings. The quantitative estimate of drug-likeness (QED) is 0.856. The molecular weight excluding hydrogens is 322 g/mol. The first-order valence-electron chi connectivity index (χ1n) is 6.36. The lowest BCUT2D eigenvalue weighted by atomic mass is 10.1. The predicted octanol–water partition coefficient (Wildman–Crippen LogP) is 1.98. The fourth-order valence-electron chi connectivity index (χ4n) is 2.17. The maximum Gasteiger partial charge on any atom is 0.240 e. The van der Waals surface area contributed by atoms with Gasteiger partial charge in [0.2, 0.25) is 5.91 Å². The fourth-order valence-corrected chi connectivity index (χ4v) is 2.50. The van der Waals surface area contributed by atoms with Crippen LogP contribution in [0.4, 0.5) is 5.69 Å². The number of nitrogens with zero attached hydrogens (tertiary/aromatic N) is 2. The minimum absolute atomic E-state index is 0.0202. The van der Waals surface area contributed by atoms with Crippen LogP contribution in [0.3, 0.4) is 0 Å². The molecule has 0 spiro atoms. The Morgan fingerprint density at radius 3 is 3.10 bits per heavy atom. The van der Waals surface area contributed by atoms with Gasteiger partial charge in [-0.25, -0.2) is 0 Å². The molecule has 1 aliphatic heterocycles. The molecule has 1 aromatic carbocycles. The van der Waals surface area contributed by atoms with Crippen LogP contribution in [-0.2, 0) is 4.79 Å². The Hall–Kier alpha value is -1.74. The van der Waals surface area contributed by atoms with Crippen LogP contribution in [0, 0.1) is 18.3 Å². The summed E-state index contributed by atoms with van der Waals surface area (Å²) in [5.74, 6) is 0.626. The van der Waals surface area contributed by atoms with Crippen LogP contribution >= 0.6 is 15.9 Å². The number of benzene rings is 1. The Kier molecular flexibility index (Phi) is 4.50. The average Bonchev–Trinajstić information content (AvgIpc) is 2.38. The summed E-state index contributed by atoms with van der Waals surface area (Å²) in [7, 11) is 0. The van der Waals surface area contributed by atoms with Crippen LogP contribution < -0.4 is 15.0 Å². The van der Waals surface area contributed by atoms with Gasteiger partial charge in [0.15, 0.2) is 0 Å². The van der Waals surface area contributed by atoms with Crippen LogP contribution in [0.1, 0.15) is 12.5 Å². The Labute approximate surface area is 126 Å². The van der Waals surface area contributed by atoms with Crippen molar-refractivity contribution in [2.75, 3.05) is 24.5 Å². The Morgan fingerprint density at radius 2 is 2.40 bits per heavy atom. The van der Waals surface area contributed by atoms with E-state index in [0.29, 0.717) is 6.54 Å². The van der Waals surface area contributed by atoms with Crippen LogP contribution in [0.2, 0.25) is 0 Å². The Morgan fingerprint density at radius 1 is 1.65 bits per heavy atom. The van der Waals surface area contributed by atoms with E-state index in [-0.39, 0.29) is 25.1 Å². The van der Waals surface area contributed by atoms with Crippen LogP contribution in [0.5, 0.6) is 5.75 Å². The first-order chi connectivity index (χ1) is 9.51. The van der Waals surface area contributed by atoms with Crippen molar-refractivity contribution in [1.29, 1.82) is 5.26 Å². The van der Waals surface area contributed by atoms with Crippen molar-refractivity contribution in [1.82, 2.24) is 5.32 Å². The molecule has 0 aromatic heterocycles. The molecule has 1 heterocycles. The van der Waals surface area contributed by atoms with Gasteiger partial charge in [-0.2, -0.15) is 5.26 Å². The summed E-state index contributed by atoms with van der Waals surface area (Å²) in [6.45, 7) is 4.86. The van der Waals surface area contributed by atoms with Crippen molar-refractivity contribution >= 4 is 27.5 Å². The molecule has 20 heavy (non-hydrogen) atoms. The van der Waals surface area contributed by atoms with E-state index in [4.69, 9.17) is 10.00 Å². The van der Waals surface area contributed by atoms with E-state index in [1.165, 1.54) is 0 Å². The third-order valence-corrected chi connectivity index (χ3v) is 3.94. The van der Waals surface area contributed by atoms with E-state index >= 15 is 0 Å². The van der Waals surface area contributed by atoms with E-state index in [1.54, 1.807) is 0 Å². The lowest BCUT2D eigenvalue weighted by Gasteiger charge is -2.35. The fraction of sp³-hybridized carbons (Fsp3) is 0.429. The second kappa shape index (κ2) is 6.14. The van der Waals surface area contributed by atoms with Gasteiger partial charge in [-0.1, -0.05) is 15.9 Å². The number of anilines is 1. The SMILES string of the molecule is Cc1cc2c(cc1Br)N(CC(=O)NCC#N)CC(C)O2. The summed E-state index contributed by atoms with van der Waals surface area (Å²) in [4.78, 5) is 13.8. The molecule has 1 unspecified atom stereocenters. The number of amides is 1. The van der Waals surface area contributed by atoms with Gasteiger partial charge in [0.1, 0.15) is 18.4 Å². The molecule has 0 saturated heterocycles. The number of halogens is 1. The minimum atomic E-state index is -0.164. The summed E-state index contributed by atoms with van der Waals surface area (Å²) >= 11 is 3.50. The predicted molar refractivity (Wildman–Crippen MR) is 79.8 cm³/mol. The van der Waals surface area contributed by atoms with Crippen molar-refractivity contribution < 1.29 is 9.53 Å². The van der Waals surface area contributed by atoms with Gasteiger partial charge in [0.25, 0.3) is 0 Å². The van der Waals surface area contributed by atoms with Gasteiger partial charge >= 0.3 is 0 Å². The largest absolute Gasteiger partial charge is 0.487 e. The van der Waals surface area contributed by atoms with Crippen LogP contribution in [0.25, 0.3) is 0 Å². The number of aryl methyl sites for hydroxylation is 1. The number of carbonyl (C=O) groups excluding carboxylic acids is 1. The molecule has 1 aliphatic rings. The van der Waals surface area contributed by atoms with Gasteiger partial charge in [-0.3, -0.25) is 4.79 Å². The molecule has 5 nitrogen and oxygen atoms in total. The summed E-state index contributed by atoms with van der Waals surface area (Å²) in [5, 5.41) is 11.0. The van der Waals surface area contributed by atoms with Crippen LogP contribution in [0.15, 0.2) is 16.6 Å². The number of nitriles is 1. The molecule has 1 N–H and O–H groups in total. The second-order valence-corrected chi connectivity index (χ2v) is 5.67. The molecule has 0 radical (unpaired) electrons. The topological polar surface area (TPSA) is 65.4 Å². The number of ether oxygens (including phenoxy) is 1. The molecule has 1 atom stereocenters. The number of rotatable bonds is 3. The van der Waals surface area contributed by atoms with Gasteiger partial charge in [-0.15, -0.1) is 0 Å². The number of nitrogens with one attached hydrogen (secondary N) is 1. The lowest BCUT2D eigenvalue weighted by Crippen LogP contribution is -2.44. The van der Waals surface area contributed by atoms with Crippen molar-refractivity contribution in [2.24, 2.45) is 0 Å². The molecule has 0 bridgehead atoms. The first kappa shape index (κ1) is 14.7. The van der Waals surface area contributed by atoms with Gasteiger partial charge in [0.05, 0.1) is 24.8 Å². The average molecular weight is 338 g/mol. The van der Waals surface area contributed by atoms with Crippen molar-refractivity contribution in [3.63, 3.8) is 0 Å². The maximum atomic E-state index is 11.8. The highest BCUT2D eigenvalue weighted by Gasteiger charge is 2.25. The van der Waals surface area contributed by atoms with Gasteiger partial charge in [0, 0.05) is 4.47 Å². The monoisotopic (exact) mass is 337 g/mol. The number of hydrogen-bond donors (Lipinski definition) is 1. The summed E-state index contributed by atoms with van der Waals surface area (Å²) in [5.41, 5.74) is 1.99. The number of fused-ring (bicyclic) bond motifs is 1. The van der Waals surface area contributed by atoms with Crippen molar-refractivity contribution in [3.05, 3.63) is 22.2 Å². The molecule has 6 heteroatoms. The normalized spacial score (nSPS) is 16.9. The van der Waals surface area contributed by atoms with E-state index in [1.807, 2.05) is 36.9 Å². The van der Waals surface area contributed by atoms with Crippen LogP contribution in [-0.4, -0.2) is 31.6 Å². The minimum Gasteiger partial charge on any atom is -0.487 e. The summed E-state index contributed by atoms with van der Waals surface area (Å²) < 4.78 is 6.80. The first-order valence-corrected chi connectivity index (χ1v) is 7.16. The van der Waals surface area contributed by atoms with Gasteiger partial charge in [-0.05, 0) is 31.5 Å².